The van der Waals surface area contributed by atoms with Gasteiger partial charge in [-0.25, -0.2) is 0 Å². The summed E-state index contributed by atoms with van der Waals surface area (Å²) in [6.45, 7) is 5.18. The number of nitrogens with one attached hydrogen (secondary N) is 2. The molecule has 2 aliphatic rings. The zero-order chi connectivity index (χ0) is 10.6. The van der Waals surface area contributed by atoms with Crippen LogP contribution < -0.4 is 10.6 Å². The maximum absolute atomic E-state index is 10.0. The fraction of sp³-hybridized carbons (Fsp3) is 1.00. The van der Waals surface area contributed by atoms with E-state index in [0.29, 0.717) is 19.8 Å². The maximum Gasteiger partial charge on any atom is 0.102 e. The molecule has 4 heteroatoms. The molecule has 2 heterocycles. The van der Waals surface area contributed by atoms with E-state index in [1.54, 1.807) is 0 Å². The molecule has 0 saturated carbocycles. The lowest BCUT2D eigenvalue weighted by Gasteiger charge is -2.26. The van der Waals surface area contributed by atoms with Crippen LogP contribution in [0.5, 0.6) is 0 Å². The molecule has 0 amide bonds. The van der Waals surface area contributed by atoms with E-state index in [4.69, 9.17) is 4.74 Å². The molecule has 0 aromatic rings. The van der Waals surface area contributed by atoms with E-state index in [1.165, 1.54) is 12.8 Å². The molecular weight excluding hydrogens is 192 g/mol. The molecule has 4 nitrogen and oxygen atoms in total. The molecule has 1 unspecified atom stereocenters. The van der Waals surface area contributed by atoms with Gasteiger partial charge in [0.2, 0.25) is 0 Å². The standard InChI is InChI=1S/C11H22N2O2/c14-11(3-6-15-9-11)8-13-7-10-1-4-12-5-2-10/h10,12-14H,1-9H2. The molecule has 15 heavy (non-hydrogen) atoms. The van der Waals surface area contributed by atoms with Crippen molar-refractivity contribution in [3.63, 3.8) is 0 Å². The summed E-state index contributed by atoms with van der Waals surface area (Å²) in [7, 11) is 0. The molecule has 0 aromatic carbocycles. The van der Waals surface area contributed by atoms with Crippen LogP contribution in [0.3, 0.4) is 0 Å². The van der Waals surface area contributed by atoms with E-state index >= 15 is 0 Å². The zero-order valence-electron chi connectivity index (χ0n) is 9.30. The summed E-state index contributed by atoms with van der Waals surface area (Å²) in [5.41, 5.74) is -0.604. The van der Waals surface area contributed by atoms with Gasteiger partial charge in [0.15, 0.2) is 0 Å². The summed E-state index contributed by atoms with van der Waals surface area (Å²) in [5.74, 6) is 0.775. The Morgan fingerprint density at radius 3 is 2.87 bits per heavy atom. The second-order valence-electron chi connectivity index (χ2n) is 4.85. The third-order valence-corrected chi connectivity index (χ3v) is 3.43. The van der Waals surface area contributed by atoms with Gasteiger partial charge >= 0.3 is 0 Å². The summed E-state index contributed by atoms with van der Waals surface area (Å²) in [6, 6.07) is 0. The smallest absolute Gasteiger partial charge is 0.102 e. The number of hydrogen-bond acceptors (Lipinski definition) is 4. The molecule has 0 bridgehead atoms. The Hall–Kier alpha value is -0.160. The Balaban J connectivity index is 1.61. The van der Waals surface area contributed by atoms with Crippen molar-refractivity contribution in [2.24, 2.45) is 5.92 Å². The minimum atomic E-state index is -0.604. The summed E-state index contributed by atoms with van der Waals surface area (Å²) < 4.78 is 5.20. The molecule has 0 spiro atoms. The van der Waals surface area contributed by atoms with Gasteiger partial charge in [-0.1, -0.05) is 0 Å². The molecule has 2 aliphatic heterocycles. The van der Waals surface area contributed by atoms with Crippen molar-refractivity contribution in [1.29, 1.82) is 0 Å². The van der Waals surface area contributed by atoms with E-state index in [9.17, 15) is 5.11 Å². The predicted octanol–water partition coefficient (Wildman–Crippen LogP) is -0.273. The van der Waals surface area contributed by atoms with E-state index in [1.807, 2.05) is 0 Å². The maximum atomic E-state index is 10.0. The monoisotopic (exact) mass is 214 g/mol. The van der Waals surface area contributed by atoms with Gasteiger partial charge in [-0.05, 0) is 38.4 Å². The van der Waals surface area contributed by atoms with Crippen molar-refractivity contribution in [1.82, 2.24) is 10.6 Å². The summed E-state index contributed by atoms with van der Waals surface area (Å²) in [5, 5.41) is 16.8. The van der Waals surface area contributed by atoms with Crippen LogP contribution in [0.1, 0.15) is 19.3 Å². The van der Waals surface area contributed by atoms with Crippen molar-refractivity contribution >= 4 is 0 Å². The molecular formula is C11H22N2O2. The molecule has 3 N–H and O–H groups in total. The Morgan fingerprint density at radius 2 is 2.20 bits per heavy atom. The third kappa shape index (κ3) is 3.41. The molecule has 1 atom stereocenters. The van der Waals surface area contributed by atoms with Crippen LogP contribution in [0, 0.1) is 5.92 Å². The van der Waals surface area contributed by atoms with Crippen LogP contribution in [0.4, 0.5) is 0 Å². The normalized spacial score (nSPS) is 33.4. The third-order valence-electron chi connectivity index (χ3n) is 3.43. The highest BCUT2D eigenvalue weighted by atomic mass is 16.5. The van der Waals surface area contributed by atoms with Crippen LogP contribution >= 0.6 is 0 Å². The molecule has 0 radical (unpaired) electrons. The predicted molar refractivity (Wildman–Crippen MR) is 58.8 cm³/mol. The molecule has 2 rings (SSSR count). The first-order chi connectivity index (χ1) is 7.29. The van der Waals surface area contributed by atoms with E-state index < -0.39 is 5.60 Å². The van der Waals surface area contributed by atoms with Gasteiger partial charge in [0.05, 0.1) is 6.61 Å². The van der Waals surface area contributed by atoms with Gasteiger partial charge in [0.1, 0.15) is 5.60 Å². The highest BCUT2D eigenvalue weighted by Gasteiger charge is 2.31. The number of rotatable bonds is 4. The summed E-state index contributed by atoms with van der Waals surface area (Å²) >= 11 is 0. The lowest BCUT2D eigenvalue weighted by Crippen LogP contribution is -2.43. The van der Waals surface area contributed by atoms with Crippen LogP contribution in [-0.4, -0.2) is 50.1 Å². The zero-order valence-corrected chi connectivity index (χ0v) is 9.30. The second kappa shape index (κ2) is 5.25. The Kier molecular flexibility index (Phi) is 3.97. The lowest BCUT2D eigenvalue weighted by molar-refractivity contribution is 0.0262. The van der Waals surface area contributed by atoms with Crippen LogP contribution in [0.15, 0.2) is 0 Å². The van der Waals surface area contributed by atoms with Crippen molar-refractivity contribution in [3.8, 4) is 0 Å². The Labute approximate surface area is 91.4 Å². The van der Waals surface area contributed by atoms with Crippen molar-refractivity contribution in [3.05, 3.63) is 0 Å². The molecule has 2 saturated heterocycles. The van der Waals surface area contributed by atoms with Gasteiger partial charge in [-0.15, -0.1) is 0 Å². The van der Waals surface area contributed by atoms with Gasteiger partial charge in [-0.2, -0.15) is 0 Å². The van der Waals surface area contributed by atoms with E-state index in [0.717, 1.165) is 32.0 Å². The van der Waals surface area contributed by atoms with Crippen LogP contribution in [-0.2, 0) is 4.74 Å². The lowest BCUT2D eigenvalue weighted by atomic mass is 9.97. The quantitative estimate of drug-likeness (QED) is 0.603. The first-order valence-corrected chi connectivity index (χ1v) is 6.00. The van der Waals surface area contributed by atoms with Gasteiger partial charge < -0.3 is 20.5 Å². The Morgan fingerprint density at radius 1 is 1.40 bits per heavy atom. The minimum absolute atomic E-state index is 0.492. The largest absolute Gasteiger partial charge is 0.386 e. The number of aliphatic hydroxyl groups is 1. The highest BCUT2D eigenvalue weighted by Crippen LogP contribution is 2.17. The number of ether oxygens (including phenoxy) is 1. The fourth-order valence-electron chi connectivity index (χ4n) is 2.33. The summed E-state index contributed by atoms with van der Waals surface area (Å²) in [4.78, 5) is 0. The topological polar surface area (TPSA) is 53.5 Å². The Bertz CT molecular complexity index is 187. The van der Waals surface area contributed by atoms with Crippen molar-refractivity contribution < 1.29 is 9.84 Å². The van der Waals surface area contributed by atoms with Gasteiger partial charge in [-0.3, -0.25) is 0 Å². The van der Waals surface area contributed by atoms with Crippen LogP contribution in [0.25, 0.3) is 0 Å². The van der Waals surface area contributed by atoms with Crippen molar-refractivity contribution in [2.75, 3.05) is 39.4 Å². The van der Waals surface area contributed by atoms with E-state index in [2.05, 4.69) is 10.6 Å². The van der Waals surface area contributed by atoms with Gasteiger partial charge in [0, 0.05) is 19.6 Å². The van der Waals surface area contributed by atoms with Crippen LogP contribution in [0.2, 0.25) is 0 Å². The van der Waals surface area contributed by atoms with Crippen molar-refractivity contribution in [2.45, 2.75) is 24.9 Å². The molecule has 2 fully saturated rings. The molecule has 0 aromatic heterocycles. The SMILES string of the molecule is OC1(CNCC2CCNCC2)CCOC1. The van der Waals surface area contributed by atoms with Gasteiger partial charge in [0.25, 0.3) is 0 Å². The second-order valence-corrected chi connectivity index (χ2v) is 4.85. The average molecular weight is 214 g/mol. The molecule has 0 aliphatic carbocycles. The highest BCUT2D eigenvalue weighted by molar-refractivity contribution is 4.85. The number of hydrogen-bond donors (Lipinski definition) is 3. The number of piperidine rings is 1. The summed E-state index contributed by atoms with van der Waals surface area (Å²) in [6.07, 6.45) is 3.27. The van der Waals surface area contributed by atoms with E-state index in [-0.39, 0.29) is 0 Å². The first-order valence-electron chi connectivity index (χ1n) is 6.00. The minimum Gasteiger partial charge on any atom is -0.386 e. The molecule has 88 valence electrons. The fourth-order valence-corrected chi connectivity index (χ4v) is 2.33. The average Bonchev–Trinajstić information content (AvgIpc) is 2.67. The first kappa shape index (κ1) is 11.3.